The Morgan fingerprint density at radius 1 is 1.59 bits per heavy atom. The van der Waals surface area contributed by atoms with E-state index < -0.39 is 10.8 Å². The summed E-state index contributed by atoms with van der Waals surface area (Å²) in [7, 11) is 0. The van der Waals surface area contributed by atoms with Gasteiger partial charge in [0.1, 0.15) is 11.6 Å². The summed E-state index contributed by atoms with van der Waals surface area (Å²) < 4.78 is 5.39. The van der Waals surface area contributed by atoms with Gasteiger partial charge in [-0.3, -0.25) is 14.9 Å². The van der Waals surface area contributed by atoms with E-state index in [1.807, 2.05) is 6.07 Å². The molecule has 1 fully saturated rings. The highest BCUT2D eigenvalue weighted by Gasteiger charge is 2.17. The number of nitrogens with zero attached hydrogens (tertiary/aromatic N) is 2. The second-order valence-electron chi connectivity index (χ2n) is 4.87. The van der Waals surface area contributed by atoms with Crippen LogP contribution in [-0.2, 0) is 9.53 Å². The molecule has 7 nitrogen and oxygen atoms in total. The summed E-state index contributed by atoms with van der Waals surface area (Å²) >= 11 is 0. The first kappa shape index (κ1) is 15.7. The van der Waals surface area contributed by atoms with E-state index in [0.717, 1.165) is 12.8 Å². The van der Waals surface area contributed by atoms with E-state index in [1.54, 1.807) is 6.07 Å². The number of nitriles is 1. The Hall–Kier alpha value is -2.72. The fourth-order valence-electron chi connectivity index (χ4n) is 2.15. The number of amides is 1. The van der Waals surface area contributed by atoms with Crippen LogP contribution in [0, 0.1) is 21.4 Å². The van der Waals surface area contributed by atoms with Gasteiger partial charge in [0, 0.05) is 25.3 Å². The molecule has 1 amide bonds. The molecule has 1 N–H and O–H groups in total. The molecule has 0 saturated carbocycles. The first-order valence-corrected chi connectivity index (χ1v) is 6.86. The zero-order chi connectivity index (χ0) is 15.9. The maximum absolute atomic E-state index is 12.0. The third-order valence-corrected chi connectivity index (χ3v) is 3.27. The number of hydrogen-bond acceptors (Lipinski definition) is 5. The van der Waals surface area contributed by atoms with Crippen molar-refractivity contribution in [2.24, 2.45) is 0 Å². The summed E-state index contributed by atoms with van der Waals surface area (Å²) in [5, 5.41) is 22.4. The average molecular weight is 301 g/mol. The van der Waals surface area contributed by atoms with Crippen molar-refractivity contribution < 1.29 is 14.5 Å². The largest absolute Gasteiger partial charge is 0.376 e. The molecule has 114 valence electrons. The molecule has 1 aliphatic rings. The van der Waals surface area contributed by atoms with Crippen LogP contribution in [0.1, 0.15) is 18.4 Å². The minimum Gasteiger partial charge on any atom is -0.376 e. The summed E-state index contributed by atoms with van der Waals surface area (Å²) in [4.78, 5) is 22.2. The van der Waals surface area contributed by atoms with Crippen LogP contribution in [0.3, 0.4) is 0 Å². The second-order valence-corrected chi connectivity index (χ2v) is 4.87. The van der Waals surface area contributed by atoms with Gasteiger partial charge in [-0.05, 0) is 24.5 Å². The third kappa shape index (κ3) is 4.14. The molecule has 22 heavy (non-hydrogen) atoms. The first-order valence-electron chi connectivity index (χ1n) is 6.86. The standard InChI is InChI=1S/C15H15N3O4/c16-9-12(15(19)17-10-14-5-2-6-22-14)7-11-3-1-4-13(8-11)18(20)21/h1,3-4,7-8,14H,2,5-6,10H2,(H,17,19)/b12-7+/t14-/m0/s1. The van der Waals surface area contributed by atoms with Gasteiger partial charge in [-0.25, -0.2) is 0 Å². The molecule has 1 saturated heterocycles. The monoisotopic (exact) mass is 301 g/mol. The van der Waals surface area contributed by atoms with Gasteiger partial charge in [-0.2, -0.15) is 5.26 Å². The number of hydrogen-bond donors (Lipinski definition) is 1. The Bertz CT molecular complexity index is 642. The molecule has 1 heterocycles. The number of non-ortho nitro benzene ring substituents is 1. The van der Waals surface area contributed by atoms with E-state index in [9.17, 15) is 14.9 Å². The van der Waals surface area contributed by atoms with E-state index in [4.69, 9.17) is 10.00 Å². The number of rotatable bonds is 5. The van der Waals surface area contributed by atoms with E-state index in [2.05, 4.69) is 5.32 Å². The third-order valence-electron chi connectivity index (χ3n) is 3.27. The van der Waals surface area contributed by atoms with Gasteiger partial charge in [-0.15, -0.1) is 0 Å². The van der Waals surface area contributed by atoms with E-state index >= 15 is 0 Å². The maximum atomic E-state index is 12.0. The van der Waals surface area contributed by atoms with Crippen LogP contribution in [0.2, 0.25) is 0 Å². The highest BCUT2D eigenvalue weighted by molar-refractivity contribution is 6.01. The van der Waals surface area contributed by atoms with Gasteiger partial charge < -0.3 is 10.1 Å². The van der Waals surface area contributed by atoms with Gasteiger partial charge in [0.05, 0.1) is 11.0 Å². The predicted molar refractivity (Wildman–Crippen MR) is 78.7 cm³/mol. The lowest BCUT2D eigenvalue weighted by molar-refractivity contribution is -0.384. The summed E-state index contributed by atoms with van der Waals surface area (Å²) in [6.07, 6.45) is 3.17. The molecule has 0 spiro atoms. The topological polar surface area (TPSA) is 105 Å². The number of nitro benzene ring substituents is 1. The Morgan fingerprint density at radius 2 is 2.41 bits per heavy atom. The van der Waals surface area contributed by atoms with Crippen molar-refractivity contribution in [2.45, 2.75) is 18.9 Å². The maximum Gasteiger partial charge on any atom is 0.270 e. The Morgan fingerprint density at radius 3 is 3.05 bits per heavy atom. The van der Waals surface area contributed by atoms with Crippen molar-refractivity contribution in [3.8, 4) is 6.07 Å². The summed E-state index contributed by atoms with van der Waals surface area (Å²) in [6.45, 7) is 1.04. The molecule has 1 aliphatic heterocycles. The molecule has 0 radical (unpaired) electrons. The number of benzene rings is 1. The normalized spacial score (nSPS) is 17.8. The zero-order valence-corrected chi connectivity index (χ0v) is 11.8. The summed E-state index contributed by atoms with van der Waals surface area (Å²) in [5.41, 5.74) is 0.238. The number of carbonyl (C=O) groups is 1. The van der Waals surface area contributed by atoms with Crippen molar-refractivity contribution in [1.29, 1.82) is 5.26 Å². The van der Waals surface area contributed by atoms with Crippen LogP contribution in [-0.4, -0.2) is 30.1 Å². The number of nitrogens with one attached hydrogen (secondary N) is 1. The Kier molecular flexibility index (Phi) is 5.22. The quantitative estimate of drug-likeness (QED) is 0.386. The minimum absolute atomic E-state index is 0.0123. The molecule has 0 unspecified atom stereocenters. The number of ether oxygens (including phenoxy) is 1. The molecule has 0 aromatic heterocycles. The number of carbonyl (C=O) groups excluding carboxylic acids is 1. The molecule has 1 aromatic rings. The lowest BCUT2D eigenvalue weighted by Crippen LogP contribution is -2.32. The minimum atomic E-state index is -0.527. The number of nitro groups is 1. The zero-order valence-electron chi connectivity index (χ0n) is 11.8. The van der Waals surface area contributed by atoms with Gasteiger partial charge in [-0.1, -0.05) is 12.1 Å². The molecule has 0 bridgehead atoms. The molecule has 1 aromatic carbocycles. The highest BCUT2D eigenvalue weighted by atomic mass is 16.6. The Balaban J connectivity index is 2.06. The van der Waals surface area contributed by atoms with Crippen molar-refractivity contribution in [3.63, 3.8) is 0 Å². The van der Waals surface area contributed by atoms with Crippen molar-refractivity contribution in [2.75, 3.05) is 13.2 Å². The summed E-state index contributed by atoms with van der Waals surface area (Å²) in [5.74, 6) is -0.510. The van der Waals surface area contributed by atoms with Gasteiger partial charge in [0.2, 0.25) is 0 Å². The van der Waals surface area contributed by atoms with Crippen molar-refractivity contribution in [3.05, 3.63) is 45.5 Å². The average Bonchev–Trinajstić information content (AvgIpc) is 3.04. The van der Waals surface area contributed by atoms with Crippen LogP contribution in [0.5, 0.6) is 0 Å². The highest BCUT2D eigenvalue weighted by Crippen LogP contribution is 2.16. The fourth-order valence-corrected chi connectivity index (χ4v) is 2.15. The molecule has 2 rings (SSSR count). The van der Waals surface area contributed by atoms with Crippen LogP contribution in [0.15, 0.2) is 29.8 Å². The molecular weight excluding hydrogens is 286 g/mol. The fraction of sp³-hybridized carbons (Fsp3) is 0.333. The van der Waals surface area contributed by atoms with Crippen LogP contribution >= 0.6 is 0 Å². The van der Waals surface area contributed by atoms with Crippen LogP contribution in [0.25, 0.3) is 6.08 Å². The molecule has 7 heteroatoms. The molecular formula is C15H15N3O4. The van der Waals surface area contributed by atoms with Gasteiger partial charge in [0.25, 0.3) is 11.6 Å². The van der Waals surface area contributed by atoms with Gasteiger partial charge in [0.15, 0.2) is 0 Å². The smallest absolute Gasteiger partial charge is 0.270 e. The predicted octanol–water partition coefficient (Wildman–Crippen LogP) is 1.80. The lowest BCUT2D eigenvalue weighted by atomic mass is 10.1. The van der Waals surface area contributed by atoms with Gasteiger partial charge >= 0.3 is 0 Å². The van der Waals surface area contributed by atoms with Crippen molar-refractivity contribution >= 4 is 17.7 Å². The van der Waals surface area contributed by atoms with E-state index in [0.29, 0.717) is 18.7 Å². The lowest BCUT2D eigenvalue weighted by Gasteiger charge is -2.10. The molecule has 0 aliphatic carbocycles. The Labute approximate surface area is 127 Å². The first-order chi connectivity index (χ1) is 10.6. The SMILES string of the molecule is N#C/C(=C\c1cccc([N+](=O)[O-])c1)C(=O)NC[C@@H]1CCCO1. The van der Waals surface area contributed by atoms with Crippen LogP contribution < -0.4 is 5.32 Å². The van der Waals surface area contributed by atoms with E-state index in [1.165, 1.54) is 24.3 Å². The second kappa shape index (κ2) is 7.33. The molecule has 1 atom stereocenters. The van der Waals surface area contributed by atoms with E-state index in [-0.39, 0.29) is 17.4 Å². The van der Waals surface area contributed by atoms with Crippen molar-refractivity contribution in [1.82, 2.24) is 5.32 Å². The van der Waals surface area contributed by atoms with Crippen LogP contribution in [0.4, 0.5) is 5.69 Å². The summed E-state index contributed by atoms with van der Waals surface area (Å²) in [6, 6.07) is 7.57.